The second kappa shape index (κ2) is 8.18. The molecule has 164 valence electrons. The maximum atomic E-state index is 13.1. The smallest absolute Gasteiger partial charge is 0.346 e. The molecule has 1 aliphatic carbocycles. The van der Waals surface area contributed by atoms with Crippen molar-refractivity contribution in [3.05, 3.63) is 46.5 Å². The number of carbonyl (C=O) groups excluding carboxylic acids is 1. The first-order valence-corrected chi connectivity index (χ1v) is 10.6. The van der Waals surface area contributed by atoms with E-state index in [0.29, 0.717) is 37.8 Å². The summed E-state index contributed by atoms with van der Waals surface area (Å²) >= 11 is 0. The lowest BCUT2D eigenvalue weighted by Gasteiger charge is -2.31. The number of hydrogen-bond donors (Lipinski definition) is 0. The fourth-order valence-corrected chi connectivity index (χ4v) is 4.16. The Morgan fingerprint density at radius 2 is 2.16 bits per heavy atom. The highest BCUT2D eigenvalue weighted by Gasteiger charge is 2.35. The highest BCUT2D eigenvalue weighted by molar-refractivity contribution is 5.93. The van der Waals surface area contributed by atoms with Crippen LogP contribution in [0, 0.1) is 0 Å². The average molecular weight is 427 g/mol. The van der Waals surface area contributed by atoms with Gasteiger partial charge < -0.3 is 18.6 Å². The van der Waals surface area contributed by atoms with Gasteiger partial charge in [-0.05, 0) is 37.8 Å². The standard InChI is InChI=1S/C21H25N5O5/c1-29-11-9-25-21(28)26(15-6-7-15)19(22-25)14-4-2-8-24(13-14)20(27)16-12-18(31-23-16)17-5-3-10-30-17/h3,5,10,12,14-15H,2,4,6-9,11,13H2,1H3. The van der Waals surface area contributed by atoms with Crippen molar-refractivity contribution in [2.24, 2.45) is 0 Å². The van der Waals surface area contributed by atoms with Crippen LogP contribution in [-0.2, 0) is 11.3 Å². The van der Waals surface area contributed by atoms with Gasteiger partial charge >= 0.3 is 5.69 Å². The molecule has 1 unspecified atom stereocenters. The maximum Gasteiger partial charge on any atom is 0.346 e. The van der Waals surface area contributed by atoms with Crippen molar-refractivity contribution in [2.75, 3.05) is 26.8 Å². The monoisotopic (exact) mass is 427 g/mol. The Labute approximate surface area is 178 Å². The van der Waals surface area contributed by atoms with E-state index >= 15 is 0 Å². The number of methoxy groups -OCH3 is 1. The van der Waals surface area contributed by atoms with Crippen molar-refractivity contribution in [1.82, 2.24) is 24.4 Å². The van der Waals surface area contributed by atoms with Gasteiger partial charge in [0.05, 0.1) is 19.4 Å². The van der Waals surface area contributed by atoms with E-state index in [-0.39, 0.29) is 29.3 Å². The van der Waals surface area contributed by atoms with Gasteiger partial charge in [-0.15, -0.1) is 0 Å². The van der Waals surface area contributed by atoms with E-state index < -0.39 is 0 Å². The molecule has 3 aromatic rings. The Balaban J connectivity index is 1.36. The van der Waals surface area contributed by atoms with E-state index in [1.807, 2.05) is 4.57 Å². The maximum absolute atomic E-state index is 13.1. The molecule has 1 aliphatic heterocycles. The van der Waals surface area contributed by atoms with Crippen LogP contribution in [0.4, 0.5) is 0 Å². The molecule has 2 fully saturated rings. The molecule has 2 aliphatic rings. The zero-order valence-corrected chi connectivity index (χ0v) is 17.4. The summed E-state index contributed by atoms with van der Waals surface area (Å²) in [5, 5.41) is 8.58. The minimum Gasteiger partial charge on any atom is -0.461 e. The molecule has 0 spiro atoms. The number of carbonyl (C=O) groups is 1. The van der Waals surface area contributed by atoms with Crippen LogP contribution < -0.4 is 5.69 Å². The van der Waals surface area contributed by atoms with Gasteiger partial charge in [0.1, 0.15) is 5.82 Å². The zero-order valence-electron chi connectivity index (χ0n) is 17.4. The number of ether oxygens (including phenoxy) is 1. The number of amides is 1. The van der Waals surface area contributed by atoms with E-state index in [9.17, 15) is 9.59 Å². The van der Waals surface area contributed by atoms with Gasteiger partial charge in [0, 0.05) is 38.2 Å². The van der Waals surface area contributed by atoms with Gasteiger partial charge in [0.25, 0.3) is 5.91 Å². The fraction of sp³-hybridized carbons (Fsp3) is 0.524. The molecular formula is C21H25N5O5. The number of nitrogens with zero attached hydrogens (tertiary/aromatic N) is 5. The molecular weight excluding hydrogens is 402 g/mol. The Bertz CT molecular complexity index is 1110. The molecule has 5 rings (SSSR count). The summed E-state index contributed by atoms with van der Waals surface area (Å²) in [7, 11) is 1.61. The van der Waals surface area contributed by atoms with Crippen LogP contribution in [0.25, 0.3) is 11.5 Å². The van der Waals surface area contributed by atoms with E-state index in [1.54, 1.807) is 36.5 Å². The summed E-state index contributed by atoms with van der Waals surface area (Å²) in [5.74, 6) is 1.54. The van der Waals surface area contributed by atoms with Gasteiger partial charge in [-0.25, -0.2) is 9.48 Å². The lowest BCUT2D eigenvalue weighted by molar-refractivity contribution is 0.0692. The fourth-order valence-electron chi connectivity index (χ4n) is 4.16. The molecule has 1 saturated carbocycles. The molecule has 0 radical (unpaired) electrons. The Kier molecular flexibility index (Phi) is 5.23. The Hall–Kier alpha value is -3.14. The van der Waals surface area contributed by atoms with Crippen LogP contribution in [0.15, 0.2) is 38.2 Å². The highest BCUT2D eigenvalue weighted by atomic mass is 16.5. The number of furan rings is 1. The summed E-state index contributed by atoms with van der Waals surface area (Å²) in [4.78, 5) is 27.7. The van der Waals surface area contributed by atoms with Crippen LogP contribution in [0.3, 0.4) is 0 Å². The predicted molar refractivity (Wildman–Crippen MR) is 109 cm³/mol. The van der Waals surface area contributed by atoms with Crippen molar-refractivity contribution >= 4 is 5.91 Å². The summed E-state index contributed by atoms with van der Waals surface area (Å²) in [6.45, 7) is 1.98. The second-order valence-corrected chi connectivity index (χ2v) is 8.10. The van der Waals surface area contributed by atoms with Crippen LogP contribution >= 0.6 is 0 Å². The molecule has 0 N–H and O–H groups in total. The third-order valence-corrected chi connectivity index (χ3v) is 5.88. The molecule has 10 nitrogen and oxygen atoms in total. The highest BCUT2D eigenvalue weighted by Crippen LogP contribution is 2.37. The summed E-state index contributed by atoms with van der Waals surface area (Å²) in [5.41, 5.74) is 0.162. The second-order valence-electron chi connectivity index (χ2n) is 8.10. The topological polar surface area (TPSA) is 109 Å². The first-order chi connectivity index (χ1) is 15.2. The van der Waals surface area contributed by atoms with Gasteiger partial charge in [-0.1, -0.05) is 5.16 Å². The van der Waals surface area contributed by atoms with Gasteiger partial charge in [-0.2, -0.15) is 5.10 Å². The SMILES string of the molecule is COCCn1nc(C2CCCN(C(=O)c3cc(-c4ccco4)on3)C2)n(C2CC2)c1=O. The lowest BCUT2D eigenvalue weighted by atomic mass is 9.96. The Morgan fingerprint density at radius 1 is 1.29 bits per heavy atom. The van der Waals surface area contributed by atoms with Crippen LogP contribution in [0.5, 0.6) is 0 Å². The first kappa shape index (κ1) is 19.8. The van der Waals surface area contributed by atoms with Crippen LogP contribution in [-0.4, -0.2) is 57.1 Å². The average Bonchev–Trinajstić information content (AvgIpc) is 3.19. The molecule has 1 amide bonds. The molecule has 0 bridgehead atoms. The number of rotatable bonds is 7. The molecule has 1 atom stereocenters. The van der Waals surface area contributed by atoms with E-state index in [2.05, 4.69) is 10.3 Å². The van der Waals surface area contributed by atoms with E-state index in [0.717, 1.165) is 31.5 Å². The van der Waals surface area contributed by atoms with Gasteiger partial charge in [0.2, 0.25) is 5.76 Å². The third kappa shape index (κ3) is 3.83. The quantitative estimate of drug-likeness (QED) is 0.569. The zero-order chi connectivity index (χ0) is 21.4. The number of piperidine rings is 1. The molecule has 0 aromatic carbocycles. The van der Waals surface area contributed by atoms with Crippen molar-refractivity contribution in [2.45, 2.75) is 44.2 Å². The van der Waals surface area contributed by atoms with Crippen molar-refractivity contribution in [3.8, 4) is 11.5 Å². The first-order valence-electron chi connectivity index (χ1n) is 10.6. The number of hydrogen-bond acceptors (Lipinski definition) is 7. The largest absolute Gasteiger partial charge is 0.461 e. The number of aromatic nitrogens is 4. The van der Waals surface area contributed by atoms with Crippen molar-refractivity contribution in [3.63, 3.8) is 0 Å². The normalized spacial score (nSPS) is 19.1. The van der Waals surface area contributed by atoms with Gasteiger partial charge in [0.15, 0.2) is 11.5 Å². The lowest BCUT2D eigenvalue weighted by Crippen LogP contribution is -2.40. The molecule has 10 heteroatoms. The van der Waals surface area contributed by atoms with E-state index in [4.69, 9.17) is 13.7 Å². The van der Waals surface area contributed by atoms with Crippen molar-refractivity contribution in [1.29, 1.82) is 0 Å². The van der Waals surface area contributed by atoms with Crippen LogP contribution in [0.1, 0.15) is 54.0 Å². The third-order valence-electron chi connectivity index (χ3n) is 5.88. The minimum absolute atomic E-state index is 0.00578. The summed E-state index contributed by atoms with van der Waals surface area (Å²) in [6.07, 6.45) is 5.25. The molecule has 4 heterocycles. The number of likely N-dealkylation sites (tertiary alicyclic amines) is 1. The minimum atomic E-state index is -0.189. The molecule has 3 aromatic heterocycles. The molecule has 1 saturated heterocycles. The van der Waals surface area contributed by atoms with E-state index in [1.165, 1.54) is 4.68 Å². The predicted octanol–water partition coefficient (Wildman–Crippen LogP) is 2.29. The van der Waals surface area contributed by atoms with Gasteiger partial charge in [-0.3, -0.25) is 9.36 Å². The molecule has 31 heavy (non-hydrogen) atoms. The van der Waals surface area contributed by atoms with Crippen molar-refractivity contribution < 1.29 is 18.5 Å². The summed E-state index contributed by atoms with van der Waals surface area (Å²) < 4.78 is 19.0. The summed E-state index contributed by atoms with van der Waals surface area (Å²) in [6, 6.07) is 5.32. The van der Waals surface area contributed by atoms with Crippen LogP contribution in [0.2, 0.25) is 0 Å². The Morgan fingerprint density at radius 3 is 2.90 bits per heavy atom.